The SMILES string of the molecule is CCOCCC1(CN=C(N)NC(C)(C)C)CCCC1.I. The average molecular weight is 397 g/mol. The second-order valence-electron chi connectivity index (χ2n) is 6.73. The highest BCUT2D eigenvalue weighted by Crippen LogP contribution is 2.41. The molecule has 0 spiro atoms. The average Bonchev–Trinajstić information content (AvgIpc) is 2.74. The molecule has 0 aromatic heterocycles. The first-order valence-corrected chi connectivity index (χ1v) is 7.53. The number of nitrogens with one attached hydrogen (secondary N) is 1. The van der Waals surface area contributed by atoms with E-state index < -0.39 is 0 Å². The van der Waals surface area contributed by atoms with Crippen molar-refractivity contribution in [1.29, 1.82) is 0 Å². The van der Waals surface area contributed by atoms with Gasteiger partial charge in [-0.1, -0.05) is 12.8 Å². The molecule has 0 aromatic rings. The van der Waals surface area contributed by atoms with Crippen LogP contribution < -0.4 is 11.1 Å². The molecule has 1 rings (SSSR count). The first kappa shape index (κ1) is 20.0. The summed E-state index contributed by atoms with van der Waals surface area (Å²) in [5.41, 5.74) is 6.25. The summed E-state index contributed by atoms with van der Waals surface area (Å²) in [6, 6.07) is 0. The fraction of sp³-hybridized carbons (Fsp3) is 0.933. The van der Waals surface area contributed by atoms with Gasteiger partial charge in [0.05, 0.1) is 0 Å². The summed E-state index contributed by atoms with van der Waals surface area (Å²) in [5, 5.41) is 3.22. The van der Waals surface area contributed by atoms with Gasteiger partial charge in [-0.3, -0.25) is 4.99 Å². The van der Waals surface area contributed by atoms with Gasteiger partial charge in [-0.15, -0.1) is 24.0 Å². The maximum atomic E-state index is 5.96. The Kier molecular flexibility index (Phi) is 9.06. The van der Waals surface area contributed by atoms with Gasteiger partial charge in [-0.25, -0.2) is 0 Å². The molecule has 1 aliphatic rings. The van der Waals surface area contributed by atoms with E-state index in [0.29, 0.717) is 11.4 Å². The van der Waals surface area contributed by atoms with E-state index in [-0.39, 0.29) is 29.5 Å². The molecular weight excluding hydrogens is 365 g/mol. The van der Waals surface area contributed by atoms with Crippen molar-refractivity contribution in [2.45, 2.75) is 65.3 Å². The highest BCUT2D eigenvalue weighted by molar-refractivity contribution is 14.0. The number of rotatable bonds is 6. The Hall–Kier alpha value is -0.0400. The van der Waals surface area contributed by atoms with Crippen LogP contribution in [-0.2, 0) is 4.74 Å². The molecule has 0 amide bonds. The molecule has 20 heavy (non-hydrogen) atoms. The number of nitrogens with two attached hydrogens (primary N) is 1. The van der Waals surface area contributed by atoms with Crippen molar-refractivity contribution in [2.24, 2.45) is 16.1 Å². The van der Waals surface area contributed by atoms with E-state index in [1.54, 1.807) is 0 Å². The lowest BCUT2D eigenvalue weighted by Gasteiger charge is -2.28. The second-order valence-corrected chi connectivity index (χ2v) is 6.73. The van der Waals surface area contributed by atoms with Gasteiger partial charge >= 0.3 is 0 Å². The van der Waals surface area contributed by atoms with E-state index in [0.717, 1.165) is 26.2 Å². The van der Waals surface area contributed by atoms with E-state index in [9.17, 15) is 0 Å². The summed E-state index contributed by atoms with van der Waals surface area (Å²) in [7, 11) is 0. The number of halogens is 1. The number of guanidine groups is 1. The fourth-order valence-corrected chi connectivity index (χ4v) is 2.72. The van der Waals surface area contributed by atoms with E-state index >= 15 is 0 Å². The molecule has 0 saturated heterocycles. The van der Waals surface area contributed by atoms with Crippen LogP contribution in [0.1, 0.15) is 59.8 Å². The molecular formula is C15H32IN3O. The highest BCUT2D eigenvalue weighted by Gasteiger charge is 2.33. The van der Waals surface area contributed by atoms with Crippen LogP contribution in [0.25, 0.3) is 0 Å². The molecule has 0 atom stereocenters. The van der Waals surface area contributed by atoms with Crippen LogP contribution in [-0.4, -0.2) is 31.3 Å². The van der Waals surface area contributed by atoms with E-state index in [2.05, 4.69) is 31.1 Å². The van der Waals surface area contributed by atoms with Crippen molar-refractivity contribution in [2.75, 3.05) is 19.8 Å². The third kappa shape index (κ3) is 7.67. The van der Waals surface area contributed by atoms with Crippen LogP contribution in [0.15, 0.2) is 4.99 Å². The standard InChI is InChI=1S/C15H31N3O.HI/c1-5-19-11-10-15(8-6-7-9-15)12-17-13(16)18-14(2,3)4;/h5-12H2,1-4H3,(H3,16,17,18);1H. The van der Waals surface area contributed by atoms with Gasteiger partial charge in [-0.05, 0) is 52.4 Å². The van der Waals surface area contributed by atoms with Crippen molar-refractivity contribution in [3.05, 3.63) is 0 Å². The molecule has 1 fully saturated rings. The Balaban J connectivity index is 0.00000361. The maximum absolute atomic E-state index is 5.96. The minimum Gasteiger partial charge on any atom is -0.382 e. The maximum Gasteiger partial charge on any atom is 0.189 e. The smallest absolute Gasteiger partial charge is 0.189 e. The lowest BCUT2D eigenvalue weighted by molar-refractivity contribution is 0.107. The minimum atomic E-state index is -0.0260. The molecule has 4 nitrogen and oxygen atoms in total. The quantitative estimate of drug-likeness (QED) is 0.313. The van der Waals surface area contributed by atoms with Crippen LogP contribution in [0.4, 0.5) is 0 Å². The Labute approximate surface area is 141 Å². The Morgan fingerprint density at radius 1 is 1.30 bits per heavy atom. The van der Waals surface area contributed by atoms with Crippen LogP contribution in [0.2, 0.25) is 0 Å². The lowest BCUT2D eigenvalue weighted by atomic mass is 9.83. The normalized spacial score (nSPS) is 18.7. The predicted molar refractivity (Wildman–Crippen MR) is 96.8 cm³/mol. The summed E-state index contributed by atoms with van der Waals surface area (Å²) in [6.07, 6.45) is 6.24. The van der Waals surface area contributed by atoms with E-state index in [1.165, 1.54) is 25.7 Å². The second kappa shape index (κ2) is 9.07. The van der Waals surface area contributed by atoms with Crippen LogP contribution >= 0.6 is 24.0 Å². The number of hydrogen-bond donors (Lipinski definition) is 2. The number of hydrogen-bond acceptors (Lipinski definition) is 2. The van der Waals surface area contributed by atoms with Crippen LogP contribution in [0.3, 0.4) is 0 Å². The Bertz CT molecular complexity index is 294. The molecule has 0 aliphatic heterocycles. The summed E-state index contributed by atoms with van der Waals surface area (Å²) in [4.78, 5) is 4.57. The fourth-order valence-electron chi connectivity index (χ4n) is 2.72. The first-order valence-electron chi connectivity index (χ1n) is 7.53. The van der Waals surface area contributed by atoms with E-state index in [4.69, 9.17) is 10.5 Å². The Morgan fingerprint density at radius 2 is 1.90 bits per heavy atom. The zero-order chi connectivity index (χ0) is 14.4. The minimum absolute atomic E-state index is 0. The molecule has 5 heteroatoms. The summed E-state index contributed by atoms with van der Waals surface area (Å²) >= 11 is 0. The molecule has 0 radical (unpaired) electrons. The predicted octanol–water partition coefficient (Wildman–Crippen LogP) is 3.29. The van der Waals surface area contributed by atoms with Gasteiger partial charge in [0.15, 0.2) is 5.96 Å². The van der Waals surface area contributed by atoms with Crippen molar-refractivity contribution >= 4 is 29.9 Å². The lowest BCUT2D eigenvalue weighted by Crippen LogP contribution is -2.45. The van der Waals surface area contributed by atoms with Gasteiger partial charge in [0.2, 0.25) is 0 Å². The van der Waals surface area contributed by atoms with Gasteiger partial charge in [0.1, 0.15) is 0 Å². The molecule has 0 aromatic carbocycles. The summed E-state index contributed by atoms with van der Waals surface area (Å²) in [5.74, 6) is 0.565. The van der Waals surface area contributed by atoms with Gasteiger partial charge in [-0.2, -0.15) is 0 Å². The van der Waals surface area contributed by atoms with Gasteiger partial charge in [0.25, 0.3) is 0 Å². The first-order chi connectivity index (χ1) is 8.87. The highest BCUT2D eigenvalue weighted by atomic mass is 127. The number of nitrogens with zero attached hydrogens (tertiary/aromatic N) is 1. The topological polar surface area (TPSA) is 59.6 Å². The number of ether oxygens (including phenoxy) is 1. The summed E-state index contributed by atoms with van der Waals surface area (Å²) < 4.78 is 5.51. The molecule has 0 unspecified atom stereocenters. The summed E-state index contributed by atoms with van der Waals surface area (Å²) in [6.45, 7) is 10.8. The van der Waals surface area contributed by atoms with Crippen molar-refractivity contribution in [3.63, 3.8) is 0 Å². The molecule has 1 saturated carbocycles. The molecule has 0 heterocycles. The van der Waals surface area contributed by atoms with Crippen molar-refractivity contribution < 1.29 is 4.74 Å². The van der Waals surface area contributed by atoms with Gasteiger partial charge in [0, 0.05) is 25.3 Å². The third-order valence-electron chi connectivity index (χ3n) is 3.73. The van der Waals surface area contributed by atoms with Crippen molar-refractivity contribution in [3.8, 4) is 0 Å². The van der Waals surface area contributed by atoms with Gasteiger partial charge < -0.3 is 15.8 Å². The van der Waals surface area contributed by atoms with Crippen LogP contribution in [0.5, 0.6) is 0 Å². The van der Waals surface area contributed by atoms with Crippen molar-refractivity contribution in [1.82, 2.24) is 5.32 Å². The largest absolute Gasteiger partial charge is 0.382 e. The zero-order valence-electron chi connectivity index (χ0n) is 13.5. The van der Waals surface area contributed by atoms with E-state index in [1.807, 2.05) is 6.92 Å². The molecule has 120 valence electrons. The third-order valence-corrected chi connectivity index (χ3v) is 3.73. The molecule has 0 bridgehead atoms. The van der Waals surface area contributed by atoms with Crippen LogP contribution in [0, 0.1) is 5.41 Å². The monoisotopic (exact) mass is 397 g/mol. The molecule has 1 aliphatic carbocycles. The Morgan fingerprint density at radius 3 is 2.40 bits per heavy atom. The molecule has 3 N–H and O–H groups in total. The zero-order valence-corrected chi connectivity index (χ0v) is 15.8. The number of aliphatic imine (C=N–C) groups is 1.